The highest BCUT2D eigenvalue weighted by Crippen LogP contribution is 2.44. The van der Waals surface area contributed by atoms with Gasteiger partial charge in [-0.05, 0) is 12.2 Å². The number of thioether (sulfide) groups is 1. The van der Waals surface area contributed by atoms with Gasteiger partial charge in [0.2, 0.25) is 0 Å². The zero-order chi connectivity index (χ0) is 8.60. The Morgan fingerprint density at radius 2 is 2.50 bits per heavy atom. The molecule has 2 rings (SSSR count). The average molecular weight is 187 g/mol. The predicted octanol–water partition coefficient (Wildman–Crippen LogP) is 0.414. The van der Waals surface area contributed by atoms with Gasteiger partial charge in [0, 0.05) is 24.3 Å². The van der Waals surface area contributed by atoms with Crippen LogP contribution in [0, 0.1) is 11.3 Å². The molecule has 3 nitrogen and oxygen atoms in total. The molecule has 2 atom stereocenters. The fourth-order valence-corrected chi connectivity index (χ4v) is 3.74. The first-order valence-electron chi connectivity index (χ1n) is 4.26. The maximum Gasteiger partial charge on any atom is 0.308 e. The van der Waals surface area contributed by atoms with Crippen molar-refractivity contribution in [3.63, 3.8) is 0 Å². The van der Waals surface area contributed by atoms with Gasteiger partial charge in [0.25, 0.3) is 0 Å². The molecule has 0 saturated carbocycles. The van der Waals surface area contributed by atoms with E-state index < -0.39 is 5.97 Å². The first-order valence-corrected chi connectivity index (χ1v) is 5.41. The Balaban J connectivity index is 2.17. The highest BCUT2D eigenvalue weighted by atomic mass is 32.2. The van der Waals surface area contributed by atoms with Crippen molar-refractivity contribution in [1.29, 1.82) is 0 Å². The molecule has 0 bridgehead atoms. The third-order valence-corrected chi connectivity index (χ3v) is 4.27. The van der Waals surface area contributed by atoms with E-state index in [4.69, 9.17) is 5.11 Å². The number of hydrogen-bond donors (Lipinski definition) is 2. The lowest BCUT2D eigenvalue weighted by molar-refractivity contribution is -0.144. The van der Waals surface area contributed by atoms with Gasteiger partial charge in [0.05, 0.1) is 5.92 Å². The molecular formula is C8H13NO2S. The molecule has 0 radical (unpaired) electrons. The summed E-state index contributed by atoms with van der Waals surface area (Å²) in [5.41, 5.74) is 0.0799. The van der Waals surface area contributed by atoms with Crippen molar-refractivity contribution in [3.05, 3.63) is 0 Å². The van der Waals surface area contributed by atoms with Gasteiger partial charge in [-0.3, -0.25) is 4.79 Å². The monoisotopic (exact) mass is 187 g/mol. The standard InChI is InChI=1S/C8H13NO2S/c10-7(11)6-3-9-4-8(6)1-2-12-5-8/h6,9H,1-5H2,(H,10,11). The summed E-state index contributed by atoms with van der Waals surface area (Å²) in [7, 11) is 0. The van der Waals surface area contributed by atoms with Crippen molar-refractivity contribution in [2.24, 2.45) is 11.3 Å². The Labute approximate surface area is 75.9 Å². The van der Waals surface area contributed by atoms with Crippen molar-refractivity contribution in [1.82, 2.24) is 5.32 Å². The van der Waals surface area contributed by atoms with E-state index in [1.54, 1.807) is 0 Å². The Kier molecular flexibility index (Phi) is 2.04. The molecular weight excluding hydrogens is 174 g/mol. The fraction of sp³-hybridized carbons (Fsp3) is 0.875. The Morgan fingerprint density at radius 1 is 1.67 bits per heavy atom. The van der Waals surface area contributed by atoms with Crippen LogP contribution in [0.5, 0.6) is 0 Å². The number of carboxylic acid groups (broad SMARTS) is 1. The smallest absolute Gasteiger partial charge is 0.308 e. The molecule has 2 aliphatic rings. The first kappa shape index (κ1) is 8.38. The van der Waals surface area contributed by atoms with Crippen molar-refractivity contribution < 1.29 is 9.90 Å². The molecule has 2 saturated heterocycles. The van der Waals surface area contributed by atoms with Crippen molar-refractivity contribution in [2.75, 3.05) is 24.6 Å². The summed E-state index contributed by atoms with van der Waals surface area (Å²) in [5.74, 6) is 1.39. The number of carbonyl (C=O) groups is 1. The minimum atomic E-state index is -0.623. The van der Waals surface area contributed by atoms with Crippen LogP contribution in [0.25, 0.3) is 0 Å². The third kappa shape index (κ3) is 1.13. The van der Waals surface area contributed by atoms with E-state index in [-0.39, 0.29) is 11.3 Å². The number of carboxylic acids is 1. The van der Waals surface area contributed by atoms with Gasteiger partial charge in [-0.25, -0.2) is 0 Å². The molecule has 0 amide bonds. The van der Waals surface area contributed by atoms with Crippen LogP contribution < -0.4 is 5.32 Å². The lowest BCUT2D eigenvalue weighted by Crippen LogP contribution is -2.34. The summed E-state index contributed by atoms with van der Waals surface area (Å²) in [4.78, 5) is 10.9. The van der Waals surface area contributed by atoms with E-state index in [2.05, 4.69) is 5.32 Å². The van der Waals surface area contributed by atoms with E-state index in [1.807, 2.05) is 11.8 Å². The average Bonchev–Trinajstić information content (AvgIpc) is 2.61. The number of rotatable bonds is 1. The van der Waals surface area contributed by atoms with E-state index in [0.717, 1.165) is 24.5 Å². The van der Waals surface area contributed by atoms with Crippen LogP contribution in [0.4, 0.5) is 0 Å². The number of nitrogens with one attached hydrogen (secondary N) is 1. The van der Waals surface area contributed by atoms with Crippen LogP contribution in [-0.4, -0.2) is 35.7 Å². The Morgan fingerprint density at radius 3 is 3.08 bits per heavy atom. The topological polar surface area (TPSA) is 49.3 Å². The summed E-state index contributed by atoms with van der Waals surface area (Å²) in [5, 5.41) is 12.2. The highest BCUT2D eigenvalue weighted by molar-refractivity contribution is 7.99. The molecule has 4 heteroatoms. The van der Waals surface area contributed by atoms with Crippen LogP contribution in [0.2, 0.25) is 0 Å². The SMILES string of the molecule is O=C(O)C1CNCC12CCSC2. The highest BCUT2D eigenvalue weighted by Gasteiger charge is 2.48. The first-order chi connectivity index (χ1) is 5.75. The Hall–Kier alpha value is -0.220. The minimum absolute atomic E-state index is 0.0799. The van der Waals surface area contributed by atoms with E-state index in [1.165, 1.54) is 0 Å². The number of aliphatic carboxylic acids is 1. The Bertz CT molecular complexity index is 196. The van der Waals surface area contributed by atoms with Gasteiger partial charge >= 0.3 is 5.97 Å². The van der Waals surface area contributed by atoms with E-state index >= 15 is 0 Å². The maximum absolute atomic E-state index is 10.9. The zero-order valence-corrected chi connectivity index (χ0v) is 7.69. The molecule has 2 heterocycles. The van der Waals surface area contributed by atoms with Crippen molar-refractivity contribution >= 4 is 17.7 Å². The molecule has 12 heavy (non-hydrogen) atoms. The van der Waals surface area contributed by atoms with Gasteiger partial charge in [-0.1, -0.05) is 0 Å². The summed E-state index contributed by atoms with van der Waals surface area (Å²) < 4.78 is 0. The van der Waals surface area contributed by atoms with Gasteiger partial charge in [0.1, 0.15) is 0 Å². The van der Waals surface area contributed by atoms with Crippen LogP contribution in [0.15, 0.2) is 0 Å². The second kappa shape index (κ2) is 2.92. The van der Waals surface area contributed by atoms with Crippen LogP contribution in [0.3, 0.4) is 0 Å². The third-order valence-electron chi connectivity index (χ3n) is 3.00. The predicted molar refractivity (Wildman–Crippen MR) is 48.4 cm³/mol. The molecule has 0 aromatic rings. The molecule has 0 aromatic carbocycles. The summed E-state index contributed by atoms with van der Waals surface area (Å²) in [6.07, 6.45) is 1.07. The fourth-order valence-electron chi connectivity index (χ4n) is 2.19. The molecule has 2 fully saturated rings. The second-order valence-corrected chi connectivity index (χ2v) is 4.79. The molecule has 2 unspecified atom stereocenters. The van der Waals surface area contributed by atoms with Gasteiger partial charge in [0.15, 0.2) is 0 Å². The molecule has 0 aromatic heterocycles. The van der Waals surface area contributed by atoms with E-state index in [0.29, 0.717) is 6.54 Å². The van der Waals surface area contributed by atoms with Gasteiger partial charge < -0.3 is 10.4 Å². The van der Waals surface area contributed by atoms with Crippen molar-refractivity contribution in [3.8, 4) is 0 Å². The van der Waals surface area contributed by atoms with Crippen LogP contribution in [0.1, 0.15) is 6.42 Å². The van der Waals surface area contributed by atoms with E-state index in [9.17, 15) is 4.79 Å². The van der Waals surface area contributed by atoms with Crippen molar-refractivity contribution in [2.45, 2.75) is 6.42 Å². The molecule has 68 valence electrons. The van der Waals surface area contributed by atoms with Gasteiger partial charge in [-0.15, -0.1) is 0 Å². The molecule has 2 N–H and O–H groups in total. The largest absolute Gasteiger partial charge is 0.481 e. The number of hydrogen-bond acceptors (Lipinski definition) is 3. The second-order valence-electron chi connectivity index (χ2n) is 3.69. The van der Waals surface area contributed by atoms with Crippen LogP contribution >= 0.6 is 11.8 Å². The summed E-state index contributed by atoms with van der Waals surface area (Å²) in [6, 6.07) is 0. The molecule has 0 aliphatic carbocycles. The zero-order valence-electron chi connectivity index (χ0n) is 6.88. The molecule has 2 aliphatic heterocycles. The maximum atomic E-state index is 10.9. The lowest BCUT2D eigenvalue weighted by atomic mass is 9.78. The quantitative estimate of drug-likeness (QED) is 0.624. The lowest BCUT2D eigenvalue weighted by Gasteiger charge is -2.25. The van der Waals surface area contributed by atoms with Crippen LogP contribution in [-0.2, 0) is 4.79 Å². The summed E-state index contributed by atoms with van der Waals surface area (Å²) >= 11 is 1.89. The van der Waals surface area contributed by atoms with Gasteiger partial charge in [-0.2, -0.15) is 11.8 Å². The molecule has 1 spiro atoms. The summed E-state index contributed by atoms with van der Waals surface area (Å²) in [6.45, 7) is 1.56. The normalized spacial score (nSPS) is 40.8. The minimum Gasteiger partial charge on any atom is -0.481 e.